The number of rotatable bonds is 3. The first-order valence-electron chi connectivity index (χ1n) is 7.43. The van der Waals surface area contributed by atoms with Gasteiger partial charge in [-0.15, -0.1) is 0 Å². The highest BCUT2D eigenvalue weighted by Crippen LogP contribution is 2.29. The number of carbonyl (C=O) groups excluding carboxylic acids is 1. The lowest BCUT2D eigenvalue weighted by Gasteiger charge is -2.26. The quantitative estimate of drug-likeness (QED) is 0.917. The van der Waals surface area contributed by atoms with E-state index in [1.54, 1.807) is 12.1 Å². The van der Waals surface area contributed by atoms with Gasteiger partial charge in [0.1, 0.15) is 5.82 Å². The molecule has 2 aromatic rings. The maximum atomic E-state index is 13.4. The summed E-state index contributed by atoms with van der Waals surface area (Å²) in [6, 6.07) is 4.79. The molecule has 3 rings (SSSR count). The molecule has 3 nitrogen and oxygen atoms in total. The van der Waals surface area contributed by atoms with E-state index in [1.807, 2.05) is 18.0 Å². The number of hydrogen-bond acceptors (Lipinski definition) is 1. The molecule has 1 aliphatic heterocycles. The number of hydrogen-bond donors (Lipinski definition) is 1. The predicted octanol–water partition coefficient (Wildman–Crippen LogP) is 3.72. The van der Waals surface area contributed by atoms with E-state index in [2.05, 4.69) is 11.1 Å². The second kappa shape index (κ2) is 5.72. The Morgan fingerprint density at radius 3 is 3.00 bits per heavy atom. The highest BCUT2D eigenvalue weighted by molar-refractivity contribution is 5.93. The lowest BCUT2D eigenvalue weighted by molar-refractivity contribution is -0.130. The van der Waals surface area contributed by atoms with Crippen molar-refractivity contribution in [3.8, 4) is 0 Å². The molecule has 1 aromatic heterocycles. The van der Waals surface area contributed by atoms with E-state index < -0.39 is 0 Å². The molecule has 4 heteroatoms. The Kier molecular flexibility index (Phi) is 3.78. The van der Waals surface area contributed by atoms with E-state index in [1.165, 1.54) is 11.6 Å². The van der Waals surface area contributed by atoms with Crippen molar-refractivity contribution in [1.82, 2.24) is 9.88 Å². The molecule has 0 fully saturated rings. The normalized spacial score (nSPS) is 15.3. The largest absolute Gasteiger partial charge is 0.361 e. The molecule has 0 unspecified atom stereocenters. The Hall–Kier alpha value is -2.10. The summed E-state index contributed by atoms with van der Waals surface area (Å²) < 4.78 is 13.4. The van der Waals surface area contributed by atoms with Crippen LogP contribution < -0.4 is 0 Å². The van der Waals surface area contributed by atoms with Crippen molar-refractivity contribution < 1.29 is 9.18 Å². The number of halogens is 1. The SMILES string of the molecule is CCCC(=O)N1CC=C(c2c[nH]c3ccc(F)cc23)CC1. The van der Waals surface area contributed by atoms with Gasteiger partial charge in [-0.05, 0) is 36.6 Å². The van der Waals surface area contributed by atoms with Gasteiger partial charge in [-0.1, -0.05) is 13.0 Å². The first kappa shape index (κ1) is 13.9. The van der Waals surface area contributed by atoms with Gasteiger partial charge in [0.05, 0.1) is 0 Å². The zero-order valence-corrected chi connectivity index (χ0v) is 12.2. The average molecular weight is 286 g/mol. The van der Waals surface area contributed by atoms with E-state index in [-0.39, 0.29) is 11.7 Å². The van der Waals surface area contributed by atoms with Crippen LogP contribution in [0.25, 0.3) is 16.5 Å². The lowest BCUT2D eigenvalue weighted by atomic mass is 9.98. The van der Waals surface area contributed by atoms with E-state index in [0.717, 1.165) is 35.9 Å². The number of fused-ring (bicyclic) bond motifs is 1. The predicted molar refractivity (Wildman–Crippen MR) is 82.3 cm³/mol. The van der Waals surface area contributed by atoms with Crippen LogP contribution in [0.3, 0.4) is 0 Å². The van der Waals surface area contributed by atoms with Gasteiger partial charge in [0.2, 0.25) is 5.91 Å². The number of benzene rings is 1. The molecule has 21 heavy (non-hydrogen) atoms. The molecule has 0 saturated heterocycles. The van der Waals surface area contributed by atoms with Crippen LogP contribution in [0.2, 0.25) is 0 Å². The van der Waals surface area contributed by atoms with Crippen molar-refractivity contribution in [3.63, 3.8) is 0 Å². The molecule has 0 bridgehead atoms. The Bertz CT molecular complexity index is 702. The van der Waals surface area contributed by atoms with Gasteiger partial charge >= 0.3 is 0 Å². The molecule has 0 atom stereocenters. The number of aromatic amines is 1. The van der Waals surface area contributed by atoms with Crippen LogP contribution in [-0.4, -0.2) is 28.9 Å². The van der Waals surface area contributed by atoms with Gasteiger partial charge in [-0.2, -0.15) is 0 Å². The van der Waals surface area contributed by atoms with Crippen LogP contribution in [0, 0.1) is 5.82 Å². The highest BCUT2D eigenvalue weighted by atomic mass is 19.1. The third kappa shape index (κ3) is 2.71. The smallest absolute Gasteiger partial charge is 0.222 e. The van der Waals surface area contributed by atoms with Gasteiger partial charge in [0.15, 0.2) is 0 Å². The standard InChI is InChI=1S/C17H19FN2O/c1-2-3-17(21)20-8-6-12(7-9-20)15-11-19-16-5-4-13(18)10-14(15)16/h4-6,10-11,19H,2-3,7-9H2,1H3. The molecule has 0 radical (unpaired) electrons. The summed E-state index contributed by atoms with van der Waals surface area (Å²) in [6.07, 6.45) is 6.33. The fourth-order valence-corrected chi connectivity index (χ4v) is 2.87. The molecule has 1 aromatic carbocycles. The van der Waals surface area contributed by atoms with E-state index in [4.69, 9.17) is 0 Å². The summed E-state index contributed by atoms with van der Waals surface area (Å²) in [7, 11) is 0. The van der Waals surface area contributed by atoms with Crippen molar-refractivity contribution in [2.75, 3.05) is 13.1 Å². The fraction of sp³-hybridized carbons (Fsp3) is 0.353. The van der Waals surface area contributed by atoms with Crippen LogP contribution in [0.15, 0.2) is 30.5 Å². The van der Waals surface area contributed by atoms with Gasteiger partial charge < -0.3 is 9.88 Å². The van der Waals surface area contributed by atoms with Crippen LogP contribution >= 0.6 is 0 Å². The highest BCUT2D eigenvalue weighted by Gasteiger charge is 2.18. The van der Waals surface area contributed by atoms with E-state index >= 15 is 0 Å². The van der Waals surface area contributed by atoms with Crippen molar-refractivity contribution >= 4 is 22.4 Å². The molecule has 2 heterocycles. The van der Waals surface area contributed by atoms with Crippen LogP contribution in [0.4, 0.5) is 4.39 Å². The average Bonchev–Trinajstić information content (AvgIpc) is 2.90. The maximum Gasteiger partial charge on any atom is 0.222 e. The van der Waals surface area contributed by atoms with Crippen molar-refractivity contribution in [1.29, 1.82) is 0 Å². The monoisotopic (exact) mass is 286 g/mol. The number of nitrogens with one attached hydrogen (secondary N) is 1. The third-order valence-electron chi connectivity index (χ3n) is 4.02. The minimum absolute atomic E-state index is 0.220. The molecule has 1 amide bonds. The second-order valence-electron chi connectivity index (χ2n) is 5.46. The molecule has 1 aliphatic rings. The molecule has 0 aliphatic carbocycles. The number of H-pyrrole nitrogens is 1. The van der Waals surface area contributed by atoms with Crippen molar-refractivity contribution in [2.45, 2.75) is 26.2 Å². The summed E-state index contributed by atoms with van der Waals surface area (Å²) in [5.74, 6) is -0.00252. The Morgan fingerprint density at radius 2 is 2.29 bits per heavy atom. The van der Waals surface area contributed by atoms with E-state index in [0.29, 0.717) is 13.0 Å². The van der Waals surface area contributed by atoms with Crippen molar-refractivity contribution in [2.24, 2.45) is 0 Å². The minimum atomic E-state index is -0.223. The zero-order valence-electron chi connectivity index (χ0n) is 12.2. The summed E-state index contributed by atoms with van der Waals surface area (Å²) in [5.41, 5.74) is 3.18. The second-order valence-corrected chi connectivity index (χ2v) is 5.46. The van der Waals surface area contributed by atoms with Crippen LogP contribution in [0.5, 0.6) is 0 Å². The Labute approximate surface area is 123 Å². The minimum Gasteiger partial charge on any atom is -0.361 e. The molecule has 0 spiro atoms. The molecular formula is C17H19FN2O. The fourth-order valence-electron chi connectivity index (χ4n) is 2.87. The number of nitrogens with zero attached hydrogens (tertiary/aromatic N) is 1. The Morgan fingerprint density at radius 1 is 1.43 bits per heavy atom. The molecule has 1 N–H and O–H groups in total. The lowest BCUT2D eigenvalue weighted by Crippen LogP contribution is -2.34. The third-order valence-corrected chi connectivity index (χ3v) is 4.02. The van der Waals surface area contributed by atoms with Crippen LogP contribution in [-0.2, 0) is 4.79 Å². The number of amides is 1. The van der Waals surface area contributed by atoms with Crippen molar-refractivity contribution in [3.05, 3.63) is 41.9 Å². The van der Waals surface area contributed by atoms with Crippen LogP contribution in [0.1, 0.15) is 31.7 Å². The zero-order chi connectivity index (χ0) is 14.8. The topological polar surface area (TPSA) is 36.1 Å². The molecule has 110 valence electrons. The van der Waals surface area contributed by atoms with Gasteiger partial charge in [-0.3, -0.25) is 4.79 Å². The molecular weight excluding hydrogens is 267 g/mol. The first-order valence-corrected chi connectivity index (χ1v) is 7.43. The molecule has 0 saturated carbocycles. The summed E-state index contributed by atoms with van der Waals surface area (Å²) in [4.78, 5) is 17.0. The summed E-state index contributed by atoms with van der Waals surface area (Å²) in [6.45, 7) is 3.41. The summed E-state index contributed by atoms with van der Waals surface area (Å²) >= 11 is 0. The van der Waals surface area contributed by atoms with Gasteiger partial charge in [-0.25, -0.2) is 4.39 Å². The first-order chi connectivity index (χ1) is 10.2. The van der Waals surface area contributed by atoms with Gasteiger partial charge in [0.25, 0.3) is 0 Å². The van der Waals surface area contributed by atoms with E-state index in [9.17, 15) is 9.18 Å². The Balaban J connectivity index is 1.84. The summed E-state index contributed by atoms with van der Waals surface area (Å²) in [5, 5.41) is 0.912. The number of carbonyl (C=O) groups is 1. The number of aromatic nitrogens is 1. The van der Waals surface area contributed by atoms with Gasteiger partial charge in [0, 0.05) is 42.2 Å². The maximum absolute atomic E-state index is 13.4.